The van der Waals surface area contributed by atoms with Gasteiger partial charge in [-0.3, -0.25) is 0 Å². The summed E-state index contributed by atoms with van der Waals surface area (Å²) < 4.78 is 16.4. The summed E-state index contributed by atoms with van der Waals surface area (Å²) in [6, 6.07) is 9.51. The summed E-state index contributed by atoms with van der Waals surface area (Å²) in [5.41, 5.74) is 6.69. The fraction of sp³-hybridized carbons (Fsp3) is 0.368. The van der Waals surface area contributed by atoms with E-state index in [4.69, 9.17) is 19.9 Å². The van der Waals surface area contributed by atoms with E-state index in [0.29, 0.717) is 28.4 Å². The minimum absolute atomic E-state index is 0.00120. The van der Waals surface area contributed by atoms with Crippen LogP contribution in [0.1, 0.15) is 32.3 Å². The molecule has 0 saturated heterocycles. The molecular formula is C19H21N3O3. The summed E-state index contributed by atoms with van der Waals surface area (Å²) in [4.78, 5) is 0. The van der Waals surface area contributed by atoms with Gasteiger partial charge in [0.2, 0.25) is 5.88 Å². The number of ether oxygens (including phenoxy) is 3. The van der Waals surface area contributed by atoms with Gasteiger partial charge in [0.25, 0.3) is 0 Å². The Hall–Kier alpha value is -3.12. The quantitative estimate of drug-likeness (QED) is 0.906. The minimum atomic E-state index is -0.678. The third kappa shape index (κ3) is 3.25. The van der Waals surface area contributed by atoms with Crippen molar-refractivity contribution in [1.82, 2.24) is 0 Å². The van der Waals surface area contributed by atoms with Crippen molar-refractivity contribution in [2.45, 2.75) is 26.7 Å². The van der Waals surface area contributed by atoms with Gasteiger partial charge in [-0.05, 0) is 18.2 Å². The number of nitrogens with two attached hydrogens (primary N) is 1. The SMILES string of the molecule is COc1ccc(OC)c([C@H]2C(C#N)=C(N)OC(C(C)(C)C)=C2C#N)c1. The van der Waals surface area contributed by atoms with Gasteiger partial charge in [-0.25, -0.2) is 0 Å². The molecule has 0 aliphatic carbocycles. The van der Waals surface area contributed by atoms with Gasteiger partial charge in [-0.2, -0.15) is 10.5 Å². The molecule has 2 N–H and O–H groups in total. The van der Waals surface area contributed by atoms with E-state index in [9.17, 15) is 10.5 Å². The van der Waals surface area contributed by atoms with Crippen molar-refractivity contribution in [1.29, 1.82) is 10.5 Å². The molecule has 0 unspecified atom stereocenters. The van der Waals surface area contributed by atoms with Crippen LogP contribution < -0.4 is 15.2 Å². The predicted molar refractivity (Wildman–Crippen MR) is 92.3 cm³/mol. The van der Waals surface area contributed by atoms with Gasteiger partial charge in [-0.15, -0.1) is 0 Å². The first-order chi connectivity index (χ1) is 11.8. The molecule has 0 bridgehead atoms. The largest absolute Gasteiger partial charge is 0.497 e. The van der Waals surface area contributed by atoms with Crippen molar-refractivity contribution in [3.05, 3.63) is 46.6 Å². The average molecular weight is 339 g/mol. The van der Waals surface area contributed by atoms with Crippen LogP contribution in [0.25, 0.3) is 0 Å². The number of nitriles is 2. The summed E-state index contributed by atoms with van der Waals surface area (Å²) in [5.74, 6) is 0.896. The lowest BCUT2D eigenvalue weighted by Gasteiger charge is -2.32. The van der Waals surface area contributed by atoms with E-state index in [1.807, 2.05) is 20.8 Å². The zero-order valence-corrected chi connectivity index (χ0v) is 15.0. The molecule has 0 saturated carbocycles. The van der Waals surface area contributed by atoms with Crippen LogP contribution >= 0.6 is 0 Å². The lowest BCUT2D eigenvalue weighted by Crippen LogP contribution is -2.26. The minimum Gasteiger partial charge on any atom is -0.497 e. The summed E-state index contributed by atoms with van der Waals surface area (Å²) >= 11 is 0. The fourth-order valence-corrected chi connectivity index (χ4v) is 2.81. The van der Waals surface area contributed by atoms with E-state index >= 15 is 0 Å². The van der Waals surface area contributed by atoms with E-state index < -0.39 is 11.3 Å². The van der Waals surface area contributed by atoms with E-state index in [-0.39, 0.29) is 11.5 Å². The highest BCUT2D eigenvalue weighted by atomic mass is 16.5. The van der Waals surface area contributed by atoms with Crippen LogP contribution in [0.3, 0.4) is 0 Å². The van der Waals surface area contributed by atoms with Crippen LogP contribution in [0.5, 0.6) is 11.5 Å². The van der Waals surface area contributed by atoms with Crippen LogP contribution in [-0.4, -0.2) is 14.2 Å². The van der Waals surface area contributed by atoms with Crippen molar-refractivity contribution < 1.29 is 14.2 Å². The molecule has 130 valence electrons. The smallest absolute Gasteiger partial charge is 0.205 e. The molecule has 0 fully saturated rings. The third-order valence-electron chi connectivity index (χ3n) is 3.97. The van der Waals surface area contributed by atoms with Crippen LogP contribution in [0.4, 0.5) is 0 Å². The molecule has 6 nitrogen and oxygen atoms in total. The molecule has 1 aliphatic rings. The first-order valence-corrected chi connectivity index (χ1v) is 7.72. The lowest BCUT2D eigenvalue weighted by atomic mass is 9.78. The van der Waals surface area contributed by atoms with Gasteiger partial charge >= 0.3 is 0 Å². The van der Waals surface area contributed by atoms with Gasteiger partial charge in [0.05, 0.1) is 31.8 Å². The summed E-state index contributed by atoms with van der Waals surface area (Å²) in [5, 5.41) is 19.4. The van der Waals surface area contributed by atoms with Gasteiger partial charge in [0, 0.05) is 11.0 Å². The summed E-state index contributed by atoms with van der Waals surface area (Å²) in [6.07, 6.45) is 0. The molecule has 0 amide bonds. The second-order valence-electron chi connectivity index (χ2n) is 6.64. The van der Waals surface area contributed by atoms with E-state index in [1.54, 1.807) is 25.3 Å². The highest BCUT2D eigenvalue weighted by molar-refractivity contribution is 5.58. The van der Waals surface area contributed by atoms with Crippen LogP contribution in [0.15, 0.2) is 41.0 Å². The monoisotopic (exact) mass is 339 g/mol. The molecular weight excluding hydrogens is 318 g/mol. The normalized spacial score (nSPS) is 17.5. The number of nitrogens with zero attached hydrogens (tertiary/aromatic N) is 2. The molecule has 25 heavy (non-hydrogen) atoms. The Bertz CT molecular complexity index is 833. The Kier molecular flexibility index (Phi) is 4.94. The molecule has 0 aromatic heterocycles. The number of hydrogen-bond acceptors (Lipinski definition) is 6. The summed E-state index contributed by atoms with van der Waals surface area (Å²) in [6.45, 7) is 5.76. The highest BCUT2D eigenvalue weighted by Gasteiger charge is 2.38. The van der Waals surface area contributed by atoms with Crippen LogP contribution in [0, 0.1) is 28.1 Å². The molecule has 1 heterocycles. The number of hydrogen-bond donors (Lipinski definition) is 1. The molecule has 2 rings (SSSR count). The topological polar surface area (TPSA) is 101 Å². The van der Waals surface area contributed by atoms with Crippen molar-refractivity contribution >= 4 is 0 Å². The predicted octanol–water partition coefficient (Wildman–Crippen LogP) is 3.34. The maximum Gasteiger partial charge on any atom is 0.205 e. The highest BCUT2D eigenvalue weighted by Crippen LogP contribution is 2.46. The van der Waals surface area contributed by atoms with Gasteiger partial charge < -0.3 is 19.9 Å². The number of benzene rings is 1. The maximum absolute atomic E-state index is 9.81. The van der Waals surface area contributed by atoms with E-state index in [0.717, 1.165) is 0 Å². The second-order valence-corrected chi connectivity index (χ2v) is 6.64. The molecule has 1 aromatic rings. The number of methoxy groups -OCH3 is 2. The first kappa shape index (κ1) is 18.2. The Morgan fingerprint density at radius 2 is 1.72 bits per heavy atom. The molecule has 6 heteroatoms. The van der Waals surface area contributed by atoms with Crippen molar-refractivity contribution in [3.63, 3.8) is 0 Å². The first-order valence-electron chi connectivity index (χ1n) is 7.72. The third-order valence-corrected chi connectivity index (χ3v) is 3.97. The van der Waals surface area contributed by atoms with E-state index in [1.165, 1.54) is 7.11 Å². The lowest BCUT2D eigenvalue weighted by molar-refractivity contribution is 0.199. The molecule has 0 radical (unpaired) electrons. The van der Waals surface area contributed by atoms with Crippen molar-refractivity contribution in [2.75, 3.05) is 14.2 Å². The van der Waals surface area contributed by atoms with Gasteiger partial charge in [0.15, 0.2) is 0 Å². The Morgan fingerprint density at radius 1 is 1.08 bits per heavy atom. The molecule has 1 aliphatic heterocycles. The Balaban J connectivity index is 2.82. The Labute approximate surface area is 147 Å². The van der Waals surface area contributed by atoms with Crippen molar-refractivity contribution in [2.24, 2.45) is 11.1 Å². The van der Waals surface area contributed by atoms with Crippen LogP contribution in [0.2, 0.25) is 0 Å². The molecule has 0 spiro atoms. The van der Waals surface area contributed by atoms with Crippen molar-refractivity contribution in [3.8, 4) is 23.6 Å². The zero-order valence-electron chi connectivity index (χ0n) is 15.0. The standard InChI is InChI=1S/C19H21N3O3/c1-19(2,3)17-13(9-20)16(14(10-21)18(22)25-17)12-8-11(23-4)6-7-15(12)24-5/h6-8,16H,22H2,1-5H3/t16-/m1/s1. The molecule has 1 aromatic carbocycles. The Morgan fingerprint density at radius 3 is 2.20 bits per heavy atom. The number of rotatable bonds is 3. The fourth-order valence-electron chi connectivity index (χ4n) is 2.81. The summed E-state index contributed by atoms with van der Waals surface area (Å²) in [7, 11) is 3.08. The van der Waals surface area contributed by atoms with Crippen LogP contribution in [-0.2, 0) is 4.74 Å². The number of allylic oxidation sites excluding steroid dienone is 3. The van der Waals surface area contributed by atoms with Gasteiger partial charge in [0.1, 0.15) is 28.9 Å². The van der Waals surface area contributed by atoms with E-state index in [2.05, 4.69) is 12.1 Å². The second kappa shape index (κ2) is 6.78. The zero-order chi connectivity index (χ0) is 18.8. The average Bonchev–Trinajstić information content (AvgIpc) is 2.59. The molecule has 1 atom stereocenters. The maximum atomic E-state index is 9.81. The van der Waals surface area contributed by atoms with Gasteiger partial charge in [-0.1, -0.05) is 20.8 Å².